The van der Waals surface area contributed by atoms with Crippen LogP contribution in [0.5, 0.6) is 0 Å². The lowest BCUT2D eigenvalue weighted by atomic mass is 10.1. The van der Waals surface area contributed by atoms with Crippen molar-refractivity contribution < 1.29 is 18.6 Å². The Morgan fingerprint density at radius 1 is 1.03 bits per heavy atom. The SMILES string of the molecule is CC1(C)O[C@@H]2[C@H](O1)[C@@H](CO[Si](C)(C)C(C)(C)C)O[C@H]2n1c(Cl)cc2cc(Cl)c(Cl)cc21. The molecule has 2 aliphatic rings. The van der Waals surface area contributed by atoms with Gasteiger partial charge in [0.15, 0.2) is 20.3 Å². The van der Waals surface area contributed by atoms with Gasteiger partial charge in [-0.1, -0.05) is 55.6 Å². The lowest BCUT2D eigenvalue weighted by Crippen LogP contribution is -2.44. The molecule has 0 unspecified atom stereocenters. The van der Waals surface area contributed by atoms with Crippen molar-refractivity contribution in [1.29, 1.82) is 0 Å². The maximum atomic E-state index is 6.65. The third-order valence-corrected chi connectivity index (χ3v) is 12.1. The highest BCUT2D eigenvalue weighted by Crippen LogP contribution is 2.47. The number of halogens is 3. The summed E-state index contributed by atoms with van der Waals surface area (Å²) in [5.41, 5.74) is 0.836. The molecule has 2 saturated heterocycles. The maximum Gasteiger partial charge on any atom is 0.192 e. The summed E-state index contributed by atoms with van der Waals surface area (Å²) in [5, 5.41) is 2.46. The topological polar surface area (TPSA) is 41.9 Å². The number of hydrogen-bond donors (Lipinski definition) is 0. The molecule has 0 radical (unpaired) electrons. The van der Waals surface area contributed by atoms with E-state index in [-0.39, 0.29) is 23.4 Å². The zero-order chi connectivity index (χ0) is 22.9. The van der Waals surface area contributed by atoms with E-state index in [0.717, 1.165) is 10.9 Å². The molecular formula is C22H30Cl3NO4Si. The molecule has 172 valence electrons. The molecule has 9 heteroatoms. The van der Waals surface area contributed by atoms with Gasteiger partial charge in [0.25, 0.3) is 0 Å². The summed E-state index contributed by atoms with van der Waals surface area (Å²) < 4.78 is 27.4. The van der Waals surface area contributed by atoms with Crippen LogP contribution in [-0.2, 0) is 18.6 Å². The van der Waals surface area contributed by atoms with Crippen molar-refractivity contribution in [2.75, 3.05) is 6.61 Å². The summed E-state index contributed by atoms with van der Waals surface area (Å²) in [6.45, 7) is 15.4. The zero-order valence-corrected chi connectivity index (χ0v) is 22.2. The molecule has 0 amide bonds. The van der Waals surface area contributed by atoms with E-state index in [1.165, 1.54) is 0 Å². The number of hydrogen-bond acceptors (Lipinski definition) is 4. The van der Waals surface area contributed by atoms with E-state index in [1.54, 1.807) is 0 Å². The molecule has 2 fully saturated rings. The van der Waals surface area contributed by atoms with E-state index in [2.05, 4.69) is 33.9 Å². The fraction of sp³-hybridized carbons (Fsp3) is 0.636. The first kappa shape index (κ1) is 23.8. The highest BCUT2D eigenvalue weighted by Gasteiger charge is 2.56. The van der Waals surface area contributed by atoms with Crippen molar-refractivity contribution in [2.45, 2.75) is 83.1 Å². The summed E-state index contributed by atoms with van der Waals surface area (Å²) in [4.78, 5) is 0. The Morgan fingerprint density at radius 3 is 2.29 bits per heavy atom. The minimum atomic E-state index is -1.95. The van der Waals surface area contributed by atoms with Crippen LogP contribution in [0.3, 0.4) is 0 Å². The van der Waals surface area contributed by atoms with Gasteiger partial charge < -0.3 is 23.2 Å². The Morgan fingerprint density at radius 2 is 1.65 bits per heavy atom. The van der Waals surface area contributed by atoms with Gasteiger partial charge in [-0.2, -0.15) is 0 Å². The monoisotopic (exact) mass is 505 g/mol. The summed E-state index contributed by atoms with van der Waals surface area (Å²) >= 11 is 19.2. The standard InChI is InChI=1S/C22H30Cl3NO4Si/c1-21(2,3)31(6,7)27-11-16-18-19(30-22(4,5)29-18)20(28-16)26-15-10-14(24)13(23)8-12(15)9-17(26)25/h8-10,16,18-20H,11H2,1-7H3/t16-,18-,19-,20-/m1/s1. The van der Waals surface area contributed by atoms with Crippen LogP contribution in [0.2, 0.25) is 33.3 Å². The van der Waals surface area contributed by atoms with E-state index < -0.39 is 20.3 Å². The number of rotatable bonds is 4. The average Bonchev–Trinajstić information content (AvgIpc) is 3.21. The first-order chi connectivity index (χ1) is 14.2. The first-order valence-electron chi connectivity index (χ1n) is 10.5. The number of benzene rings is 1. The molecule has 1 aromatic heterocycles. The molecule has 2 aliphatic heterocycles. The average molecular weight is 507 g/mol. The molecule has 2 aromatic rings. The van der Waals surface area contributed by atoms with Crippen LogP contribution in [0.25, 0.3) is 10.9 Å². The number of fused-ring (bicyclic) bond motifs is 2. The minimum Gasteiger partial charge on any atom is -0.414 e. The molecule has 1 aromatic carbocycles. The van der Waals surface area contributed by atoms with Crippen molar-refractivity contribution in [2.24, 2.45) is 0 Å². The Balaban J connectivity index is 1.68. The van der Waals surface area contributed by atoms with Gasteiger partial charge in [0.1, 0.15) is 23.5 Å². The van der Waals surface area contributed by atoms with Crippen molar-refractivity contribution in [3.05, 3.63) is 33.4 Å². The van der Waals surface area contributed by atoms with E-state index >= 15 is 0 Å². The third-order valence-electron chi connectivity index (χ3n) is 6.63. The first-order valence-corrected chi connectivity index (χ1v) is 14.5. The van der Waals surface area contributed by atoms with Crippen LogP contribution in [0.4, 0.5) is 0 Å². The van der Waals surface area contributed by atoms with Gasteiger partial charge in [0, 0.05) is 5.39 Å². The van der Waals surface area contributed by atoms with Gasteiger partial charge >= 0.3 is 0 Å². The van der Waals surface area contributed by atoms with Crippen LogP contribution in [-0.4, -0.2) is 43.6 Å². The Kier molecular flexibility index (Phi) is 6.06. The normalized spacial score (nSPS) is 28.5. The van der Waals surface area contributed by atoms with Crippen molar-refractivity contribution >= 4 is 54.0 Å². The second-order valence-corrected chi connectivity index (χ2v) is 16.4. The van der Waals surface area contributed by atoms with Gasteiger partial charge in [-0.05, 0) is 50.2 Å². The summed E-state index contributed by atoms with van der Waals surface area (Å²) in [6.07, 6.45) is -1.34. The molecule has 0 bridgehead atoms. The molecule has 0 N–H and O–H groups in total. The smallest absolute Gasteiger partial charge is 0.192 e. The van der Waals surface area contributed by atoms with E-state index in [1.807, 2.05) is 36.6 Å². The second-order valence-electron chi connectivity index (χ2n) is 10.4. The Labute approximate surface area is 199 Å². The molecule has 0 spiro atoms. The third kappa shape index (κ3) is 4.31. The quantitative estimate of drug-likeness (QED) is 0.417. The van der Waals surface area contributed by atoms with Gasteiger partial charge in [0.05, 0.1) is 22.2 Å². The molecule has 0 aliphatic carbocycles. The van der Waals surface area contributed by atoms with Gasteiger partial charge in [-0.3, -0.25) is 0 Å². The van der Waals surface area contributed by atoms with E-state index in [4.69, 9.17) is 53.4 Å². The molecule has 3 heterocycles. The molecule has 4 rings (SSSR count). The Hall–Kier alpha value is -0.313. The lowest BCUT2D eigenvalue weighted by Gasteiger charge is -2.37. The van der Waals surface area contributed by atoms with E-state index in [0.29, 0.717) is 21.8 Å². The predicted molar refractivity (Wildman–Crippen MR) is 128 cm³/mol. The van der Waals surface area contributed by atoms with Crippen molar-refractivity contribution in [1.82, 2.24) is 4.57 Å². The van der Waals surface area contributed by atoms with Crippen LogP contribution in [0, 0.1) is 0 Å². The maximum absolute atomic E-state index is 6.65. The number of nitrogens with zero attached hydrogens (tertiary/aromatic N) is 1. The highest BCUT2D eigenvalue weighted by atomic mass is 35.5. The van der Waals surface area contributed by atoms with E-state index in [9.17, 15) is 0 Å². The summed E-state index contributed by atoms with van der Waals surface area (Å²) in [6, 6.07) is 5.48. The lowest BCUT2D eigenvalue weighted by molar-refractivity contribution is -0.199. The molecule has 31 heavy (non-hydrogen) atoms. The zero-order valence-electron chi connectivity index (χ0n) is 19.0. The summed E-state index contributed by atoms with van der Waals surface area (Å²) in [5.74, 6) is -0.719. The van der Waals surface area contributed by atoms with Crippen LogP contribution < -0.4 is 0 Å². The van der Waals surface area contributed by atoms with Crippen molar-refractivity contribution in [3.8, 4) is 0 Å². The largest absolute Gasteiger partial charge is 0.414 e. The van der Waals surface area contributed by atoms with Gasteiger partial charge in [-0.15, -0.1) is 0 Å². The molecular weight excluding hydrogens is 477 g/mol. The fourth-order valence-corrected chi connectivity index (χ4v) is 5.60. The van der Waals surface area contributed by atoms with Gasteiger partial charge in [-0.25, -0.2) is 0 Å². The predicted octanol–water partition coefficient (Wildman–Crippen LogP) is 7.04. The second kappa shape index (κ2) is 7.88. The van der Waals surface area contributed by atoms with Crippen LogP contribution >= 0.6 is 34.8 Å². The minimum absolute atomic E-state index is 0.104. The molecule has 4 atom stereocenters. The van der Waals surface area contributed by atoms with Crippen molar-refractivity contribution in [3.63, 3.8) is 0 Å². The number of ether oxygens (including phenoxy) is 3. The Bertz CT molecular complexity index is 1000. The van der Waals surface area contributed by atoms with Crippen LogP contribution in [0.1, 0.15) is 40.8 Å². The molecule has 5 nitrogen and oxygen atoms in total. The number of aromatic nitrogens is 1. The fourth-order valence-electron chi connectivity index (χ4n) is 3.96. The van der Waals surface area contributed by atoms with Crippen LogP contribution in [0.15, 0.2) is 18.2 Å². The van der Waals surface area contributed by atoms with Gasteiger partial charge in [0.2, 0.25) is 0 Å². The molecule has 0 saturated carbocycles. The summed E-state index contributed by atoms with van der Waals surface area (Å²) in [7, 11) is -1.95. The highest BCUT2D eigenvalue weighted by molar-refractivity contribution is 6.74.